The highest BCUT2D eigenvalue weighted by Gasteiger charge is 2.51. The van der Waals surface area contributed by atoms with Gasteiger partial charge in [-0.2, -0.15) is 0 Å². The van der Waals surface area contributed by atoms with Crippen molar-refractivity contribution in [1.82, 2.24) is 0 Å². The number of anilines is 1. The zero-order chi connectivity index (χ0) is 19.2. The van der Waals surface area contributed by atoms with E-state index in [-0.39, 0.29) is 16.4 Å². The monoisotopic (exact) mass is 393 g/mol. The van der Waals surface area contributed by atoms with E-state index in [1.807, 2.05) is 0 Å². The van der Waals surface area contributed by atoms with E-state index in [0.29, 0.717) is 12.1 Å². The van der Waals surface area contributed by atoms with Gasteiger partial charge in [0.2, 0.25) is 0 Å². The lowest BCUT2D eigenvalue weighted by Gasteiger charge is -2.56. The SMILES string of the molecule is CC(OC(=O)CC12CC3CC(CC(C3)C1)C2)C(=O)Nc1ccc(F)cc1Cl. The van der Waals surface area contributed by atoms with Crippen molar-refractivity contribution in [3.05, 3.63) is 29.0 Å². The van der Waals surface area contributed by atoms with Gasteiger partial charge in [0.25, 0.3) is 5.91 Å². The number of carbonyl (C=O) groups is 2. The van der Waals surface area contributed by atoms with Crippen LogP contribution in [0.5, 0.6) is 0 Å². The summed E-state index contributed by atoms with van der Waals surface area (Å²) < 4.78 is 18.5. The Bertz CT molecular complexity index is 731. The Kier molecular flexibility index (Phi) is 4.91. The summed E-state index contributed by atoms with van der Waals surface area (Å²) in [6.07, 6.45) is 6.83. The average molecular weight is 394 g/mol. The van der Waals surface area contributed by atoms with Crippen LogP contribution >= 0.6 is 11.6 Å². The molecule has 0 aliphatic heterocycles. The van der Waals surface area contributed by atoms with Crippen LogP contribution in [0.4, 0.5) is 10.1 Å². The maximum absolute atomic E-state index is 13.1. The molecule has 0 heterocycles. The van der Waals surface area contributed by atoms with Gasteiger partial charge in [-0.3, -0.25) is 9.59 Å². The van der Waals surface area contributed by atoms with Gasteiger partial charge in [0.15, 0.2) is 6.10 Å². The molecule has 6 heteroatoms. The van der Waals surface area contributed by atoms with Crippen LogP contribution in [0.2, 0.25) is 5.02 Å². The van der Waals surface area contributed by atoms with Crippen LogP contribution in [0.25, 0.3) is 0 Å². The first-order chi connectivity index (χ1) is 12.8. The average Bonchev–Trinajstić information content (AvgIpc) is 2.55. The number of hydrogen-bond donors (Lipinski definition) is 1. The molecule has 1 atom stereocenters. The number of amides is 1. The van der Waals surface area contributed by atoms with Crippen molar-refractivity contribution in [2.75, 3.05) is 5.32 Å². The van der Waals surface area contributed by atoms with Crippen molar-refractivity contribution in [2.24, 2.45) is 23.2 Å². The van der Waals surface area contributed by atoms with Gasteiger partial charge in [-0.1, -0.05) is 11.6 Å². The zero-order valence-corrected chi connectivity index (χ0v) is 16.2. The molecule has 146 valence electrons. The molecule has 0 aromatic heterocycles. The van der Waals surface area contributed by atoms with Gasteiger partial charge in [-0.15, -0.1) is 0 Å². The van der Waals surface area contributed by atoms with Gasteiger partial charge in [0.05, 0.1) is 17.1 Å². The minimum Gasteiger partial charge on any atom is -0.453 e. The molecular weight excluding hydrogens is 369 g/mol. The van der Waals surface area contributed by atoms with Crippen LogP contribution in [-0.2, 0) is 14.3 Å². The second-order valence-electron chi connectivity index (χ2n) is 8.84. The van der Waals surface area contributed by atoms with Crippen LogP contribution in [0.3, 0.4) is 0 Å². The first-order valence-corrected chi connectivity index (χ1v) is 10.2. The number of ether oxygens (including phenoxy) is 1. The predicted molar refractivity (Wildman–Crippen MR) is 101 cm³/mol. The van der Waals surface area contributed by atoms with Crippen molar-refractivity contribution in [3.63, 3.8) is 0 Å². The van der Waals surface area contributed by atoms with E-state index in [4.69, 9.17) is 16.3 Å². The van der Waals surface area contributed by atoms with E-state index in [0.717, 1.165) is 43.1 Å². The summed E-state index contributed by atoms with van der Waals surface area (Å²) >= 11 is 5.93. The third-order valence-corrected chi connectivity index (χ3v) is 6.86. The molecule has 0 radical (unpaired) electrons. The van der Waals surface area contributed by atoms with Gasteiger partial charge in [-0.05, 0) is 86.8 Å². The molecule has 4 aliphatic rings. The van der Waals surface area contributed by atoms with E-state index in [1.54, 1.807) is 6.92 Å². The number of esters is 1. The number of carbonyl (C=O) groups excluding carboxylic acids is 2. The van der Waals surface area contributed by atoms with Gasteiger partial charge in [0.1, 0.15) is 5.82 Å². The lowest BCUT2D eigenvalue weighted by Crippen LogP contribution is -2.47. The molecule has 4 aliphatic carbocycles. The molecule has 0 spiro atoms. The van der Waals surface area contributed by atoms with Gasteiger partial charge in [-0.25, -0.2) is 4.39 Å². The summed E-state index contributed by atoms with van der Waals surface area (Å²) in [5.74, 6) is 1.06. The van der Waals surface area contributed by atoms with Crippen LogP contribution in [0.1, 0.15) is 51.9 Å². The second kappa shape index (κ2) is 7.08. The maximum atomic E-state index is 13.1. The van der Waals surface area contributed by atoms with Gasteiger partial charge < -0.3 is 10.1 Å². The largest absolute Gasteiger partial charge is 0.453 e. The fourth-order valence-corrected chi connectivity index (χ4v) is 6.14. The Labute approximate surface area is 163 Å². The zero-order valence-electron chi connectivity index (χ0n) is 15.5. The molecule has 1 amide bonds. The van der Waals surface area contributed by atoms with Crippen LogP contribution in [-0.4, -0.2) is 18.0 Å². The minimum atomic E-state index is -0.924. The summed E-state index contributed by atoms with van der Waals surface area (Å²) in [4.78, 5) is 24.8. The molecular formula is C21H25ClFNO3. The summed E-state index contributed by atoms with van der Waals surface area (Å²) in [6.45, 7) is 1.55. The fraction of sp³-hybridized carbons (Fsp3) is 0.619. The lowest BCUT2D eigenvalue weighted by molar-refractivity contribution is -0.160. The first-order valence-electron chi connectivity index (χ1n) is 9.77. The molecule has 1 unspecified atom stereocenters. The van der Waals surface area contributed by atoms with Gasteiger partial charge >= 0.3 is 5.97 Å². The lowest BCUT2D eigenvalue weighted by atomic mass is 9.49. The maximum Gasteiger partial charge on any atom is 0.307 e. The molecule has 1 N–H and O–H groups in total. The predicted octanol–water partition coefficient (Wildman–Crippen LogP) is 4.96. The third-order valence-electron chi connectivity index (χ3n) is 6.55. The van der Waals surface area contributed by atoms with Crippen LogP contribution < -0.4 is 5.32 Å². The van der Waals surface area contributed by atoms with E-state index in [1.165, 1.54) is 31.4 Å². The summed E-state index contributed by atoms with van der Waals surface area (Å²) in [6, 6.07) is 3.73. The Morgan fingerprint density at radius 3 is 2.37 bits per heavy atom. The molecule has 27 heavy (non-hydrogen) atoms. The number of nitrogens with one attached hydrogen (secondary N) is 1. The summed E-state index contributed by atoms with van der Waals surface area (Å²) in [7, 11) is 0. The molecule has 0 saturated heterocycles. The minimum absolute atomic E-state index is 0.0856. The quantitative estimate of drug-likeness (QED) is 0.719. The highest BCUT2D eigenvalue weighted by atomic mass is 35.5. The molecule has 4 saturated carbocycles. The number of benzene rings is 1. The van der Waals surface area contributed by atoms with Crippen LogP contribution in [0.15, 0.2) is 18.2 Å². The Balaban J connectivity index is 1.33. The molecule has 1 aromatic rings. The van der Waals surface area contributed by atoms with E-state index >= 15 is 0 Å². The van der Waals surface area contributed by atoms with Crippen molar-refractivity contribution in [2.45, 2.75) is 58.0 Å². The number of hydrogen-bond acceptors (Lipinski definition) is 3. The first kappa shape index (κ1) is 18.7. The molecule has 1 aromatic carbocycles. The van der Waals surface area contributed by atoms with Crippen molar-refractivity contribution in [3.8, 4) is 0 Å². The smallest absolute Gasteiger partial charge is 0.307 e. The molecule has 4 bridgehead atoms. The van der Waals surface area contributed by atoms with E-state index < -0.39 is 17.8 Å². The summed E-state index contributed by atoms with van der Waals surface area (Å²) in [5.41, 5.74) is 0.384. The number of halogens is 2. The van der Waals surface area contributed by atoms with E-state index in [9.17, 15) is 14.0 Å². The summed E-state index contributed by atoms with van der Waals surface area (Å²) in [5, 5.41) is 2.69. The van der Waals surface area contributed by atoms with Crippen LogP contribution in [0, 0.1) is 29.0 Å². The van der Waals surface area contributed by atoms with E-state index in [2.05, 4.69) is 5.32 Å². The molecule has 5 rings (SSSR count). The Morgan fingerprint density at radius 1 is 1.22 bits per heavy atom. The highest BCUT2D eigenvalue weighted by Crippen LogP contribution is 2.61. The number of rotatable bonds is 5. The standard InChI is InChI=1S/C21H25ClFNO3/c1-12(20(26)24-18-3-2-16(23)7-17(18)22)27-19(25)11-21-8-13-4-14(9-21)6-15(5-13)10-21/h2-3,7,12-15H,4-6,8-11H2,1H3,(H,24,26). The highest BCUT2D eigenvalue weighted by molar-refractivity contribution is 6.33. The van der Waals surface area contributed by atoms with Crippen molar-refractivity contribution < 1.29 is 18.7 Å². The topological polar surface area (TPSA) is 55.4 Å². The Morgan fingerprint density at radius 2 is 1.81 bits per heavy atom. The normalized spacial score (nSPS) is 32.2. The van der Waals surface area contributed by atoms with Crippen molar-refractivity contribution >= 4 is 29.2 Å². The second-order valence-corrected chi connectivity index (χ2v) is 9.25. The van der Waals surface area contributed by atoms with Crippen molar-refractivity contribution in [1.29, 1.82) is 0 Å². The molecule has 4 nitrogen and oxygen atoms in total. The third kappa shape index (κ3) is 3.98. The van der Waals surface area contributed by atoms with Gasteiger partial charge in [0, 0.05) is 0 Å². The Hall–Kier alpha value is -1.62. The molecule has 4 fully saturated rings. The fourth-order valence-electron chi connectivity index (χ4n) is 5.93.